The summed E-state index contributed by atoms with van der Waals surface area (Å²) in [5, 5.41) is 3.47. The molecule has 1 fully saturated rings. The van der Waals surface area contributed by atoms with Crippen LogP contribution in [-0.2, 0) is 24.2 Å². The lowest BCUT2D eigenvalue weighted by molar-refractivity contribution is -0.133. The average molecular weight is 426 g/mol. The van der Waals surface area contributed by atoms with Crippen molar-refractivity contribution in [2.24, 2.45) is 5.73 Å². The molecule has 2 heterocycles. The molecule has 0 atom stereocenters. The Balaban J connectivity index is 1.48. The predicted molar refractivity (Wildman–Crippen MR) is 118 cm³/mol. The van der Waals surface area contributed by atoms with Gasteiger partial charge in [0.2, 0.25) is 5.91 Å². The van der Waals surface area contributed by atoms with Crippen LogP contribution in [0.25, 0.3) is 0 Å². The first kappa shape index (κ1) is 20.6. The molecule has 0 bridgehead atoms. The molecular weight excluding hydrogens is 398 g/mol. The van der Waals surface area contributed by atoms with Gasteiger partial charge in [-0.2, -0.15) is 0 Å². The van der Waals surface area contributed by atoms with Crippen LogP contribution >= 0.6 is 11.3 Å². The Morgan fingerprint density at radius 2 is 1.73 bits per heavy atom. The third-order valence-corrected chi connectivity index (χ3v) is 7.11. The summed E-state index contributed by atoms with van der Waals surface area (Å²) in [6, 6.07) is 7.30. The minimum atomic E-state index is -0.480. The van der Waals surface area contributed by atoms with Gasteiger partial charge in [0.15, 0.2) is 0 Å². The van der Waals surface area contributed by atoms with Gasteiger partial charge in [0.05, 0.1) is 5.56 Å². The van der Waals surface area contributed by atoms with Crippen molar-refractivity contribution in [3.63, 3.8) is 0 Å². The van der Waals surface area contributed by atoms with Gasteiger partial charge in [-0.05, 0) is 61.8 Å². The van der Waals surface area contributed by atoms with E-state index in [4.69, 9.17) is 5.73 Å². The Labute approximate surface area is 180 Å². The molecule has 2 aliphatic rings. The highest BCUT2D eigenvalue weighted by atomic mass is 32.1. The number of primary amides is 1. The standard InChI is InChI=1S/C23H27N3O3S/c24-21(28)20-17-6-2-1-3-7-18(17)30-23(20)25-22(29)16-11-9-15(10-12-16)14-26-13-5-4-8-19(26)27/h9-12H,1-8,13-14H2,(H2,24,28)(H,25,29). The highest BCUT2D eigenvalue weighted by Gasteiger charge is 2.24. The highest BCUT2D eigenvalue weighted by Crippen LogP contribution is 2.37. The van der Waals surface area contributed by atoms with Gasteiger partial charge in [-0.1, -0.05) is 18.6 Å². The quantitative estimate of drug-likeness (QED) is 0.712. The number of rotatable bonds is 5. The van der Waals surface area contributed by atoms with E-state index in [0.717, 1.165) is 67.5 Å². The van der Waals surface area contributed by atoms with Crippen LogP contribution in [0.2, 0.25) is 0 Å². The fourth-order valence-electron chi connectivity index (χ4n) is 4.28. The Morgan fingerprint density at radius 1 is 1.00 bits per heavy atom. The summed E-state index contributed by atoms with van der Waals surface area (Å²) in [4.78, 5) is 39.9. The summed E-state index contributed by atoms with van der Waals surface area (Å²) in [6.45, 7) is 1.37. The van der Waals surface area contributed by atoms with E-state index in [1.54, 1.807) is 12.1 Å². The van der Waals surface area contributed by atoms with Gasteiger partial charge in [-0.15, -0.1) is 11.3 Å². The van der Waals surface area contributed by atoms with Gasteiger partial charge < -0.3 is 16.0 Å². The van der Waals surface area contributed by atoms with Crippen LogP contribution in [0.3, 0.4) is 0 Å². The number of nitrogens with one attached hydrogen (secondary N) is 1. The number of aryl methyl sites for hydroxylation is 1. The molecule has 4 rings (SSSR count). The second kappa shape index (κ2) is 9.00. The number of amides is 3. The van der Waals surface area contributed by atoms with Crippen molar-refractivity contribution in [1.82, 2.24) is 4.90 Å². The van der Waals surface area contributed by atoms with Crippen LogP contribution in [0.1, 0.15) is 75.2 Å². The molecular formula is C23H27N3O3S. The van der Waals surface area contributed by atoms with Crippen LogP contribution in [0.4, 0.5) is 5.00 Å². The maximum absolute atomic E-state index is 12.8. The first-order valence-electron chi connectivity index (χ1n) is 10.7. The molecule has 1 aromatic carbocycles. The number of piperidine rings is 1. The van der Waals surface area contributed by atoms with Gasteiger partial charge in [-0.25, -0.2) is 0 Å². The average Bonchev–Trinajstić information content (AvgIpc) is 2.91. The van der Waals surface area contributed by atoms with E-state index < -0.39 is 5.91 Å². The first-order valence-corrected chi connectivity index (χ1v) is 11.5. The lowest BCUT2D eigenvalue weighted by Crippen LogP contribution is -2.34. The summed E-state index contributed by atoms with van der Waals surface area (Å²) in [5.74, 6) is -0.541. The summed E-state index contributed by atoms with van der Waals surface area (Å²) in [6.07, 6.45) is 7.68. The van der Waals surface area contributed by atoms with Crippen LogP contribution in [0.15, 0.2) is 24.3 Å². The molecule has 0 unspecified atom stereocenters. The Bertz CT molecular complexity index is 965. The van der Waals surface area contributed by atoms with E-state index in [1.165, 1.54) is 11.3 Å². The third-order valence-electron chi connectivity index (χ3n) is 5.91. The second-order valence-corrected chi connectivity index (χ2v) is 9.16. The molecule has 1 aromatic heterocycles. The lowest BCUT2D eigenvalue weighted by atomic mass is 10.0. The van der Waals surface area contributed by atoms with Gasteiger partial charge in [0.25, 0.3) is 11.8 Å². The van der Waals surface area contributed by atoms with Crippen molar-refractivity contribution in [2.75, 3.05) is 11.9 Å². The normalized spacial score (nSPS) is 16.7. The smallest absolute Gasteiger partial charge is 0.256 e. The van der Waals surface area contributed by atoms with Crippen LogP contribution in [0.5, 0.6) is 0 Å². The minimum Gasteiger partial charge on any atom is -0.365 e. The van der Waals surface area contributed by atoms with Crippen molar-refractivity contribution in [1.29, 1.82) is 0 Å². The van der Waals surface area contributed by atoms with Crippen molar-refractivity contribution in [2.45, 2.75) is 57.9 Å². The molecule has 3 N–H and O–H groups in total. The van der Waals surface area contributed by atoms with E-state index in [-0.39, 0.29) is 11.8 Å². The van der Waals surface area contributed by atoms with Gasteiger partial charge in [0.1, 0.15) is 5.00 Å². The number of benzene rings is 1. The third kappa shape index (κ3) is 4.41. The molecule has 30 heavy (non-hydrogen) atoms. The summed E-state index contributed by atoms with van der Waals surface area (Å²) < 4.78 is 0. The number of carbonyl (C=O) groups is 3. The van der Waals surface area contributed by atoms with Gasteiger partial charge in [-0.3, -0.25) is 14.4 Å². The van der Waals surface area contributed by atoms with Crippen LogP contribution in [-0.4, -0.2) is 29.2 Å². The number of nitrogens with zero attached hydrogens (tertiary/aromatic N) is 1. The van der Waals surface area contributed by atoms with E-state index in [2.05, 4.69) is 5.32 Å². The Morgan fingerprint density at radius 3 is 2.47 bits per heavy atom. The summed E-state index contributed by atoms with van der Waals surface area (Å²) in [7, 11) is 0. The van der Waals surface area contributed by atoms with Crippen molar-refractivity contribution < 1.29 is 14.4 Å². The van der Waals surface area contributed by atoms with E-state index in [1.807, 2.05) is 17.0 Å². The maximum atomic E-state index is 12.8. The number of likely N-dealkylation sites (tertiary alicyclic amines) is 1. The zero-order valence-corrected chi connectivity index (χ0v) is 17.9. The molecule has 1 aliphatic heterocycles. The monoisotopic (exact) mass is 425 g/mol. The maximum Gasteiger partial charge on any atom is 0.256 e. The fourth-order valence-corrected chi connectivity index (χ4v) is 5.57. The van der Waals surface area contributed by atoms with Crippen molar-refractivity contribution in [3.8, 4) is 0 Å². The number of fused-ring (bicyclic) bond motifs is 1. The summed E-state index contributed by atoms with van der Waals surface area (Å²) in [5.41, 5.74) is 8.66. The molecule has 158 valence electrons. The molecule has 0 radical (unpaired) electrons. The number of hydrogen-bond acceptors (Lipinski definition) is 4. The number of carbonyl (C=O) groups excluding carboxylic acids is 3. The molecule has 0 saturated carbocycles. The SMILES string of the molecule is NC(=O)c1c(NC(=O)c2ccc(CN3CCCCC3=O)cc2)sc2c1CCCCC2. The summed E-state index contributed by atoms with van der Waals surface area (Å²) >= 11 is 1.48. The predicted octanol–water partition coefficient (Wildman–Crippen LogP) is 3.88. The van der Waals surface area contributed by atoms with E-state index in [0.29, 0.717) is 29.1 Å². The Hall–Kier alpha value is -2.67. The molecule has 6 nitrogen and oxygen atoms in total. The molecule has 1 saturated heterocycles. The molecule has 2 aromatic rings. The van der Waals surface area contributed by atoms with Gasteiger partial charge >= 0.3 is 0 Å². The second-order valence-electron chi connectivity index (χ2n) is 8.06. The van der Waals surface area contributed by atoms with E-state index >= 15 is 0 Å². The zero-order chi connectivity index (χ0) is 21.1. The number of hydrogen-bond donors (Lipinski definition) is 2. The fraction of sp³-hybridized carbons (Fsp3) is 0.435. The molecule has 3 amide bonds. The molecule has 0 spiro atoms. The highest BCUT2D eigenvalue weighted by molar-refractivity contribution is 7.17. The topological polar surface area (TPSA) is 92.5 Å². The number of anilines is 1. The Kier molecular flexibility index (Phi) is 6.18. The number of thiophene rings is 1. The van der Waals surface area contributed by atoms with Crippen LogP contribution in [0, 0.1) is 0 Å². The number of nitrogens with two attached hydrogens (primary N) is 1. The zero-order valence-electron chi connectivity index (χ0n) is 17.0. The van der Waals surface area contributed by atoms with Crippen molar-refractivity contribution in [3.05, 3.63) is 51.4 Å². The first-order chi connectivity index (χ1) is 14.5. The minimum absolute atomic E-state index is 0.194. The largest absolute Gasteiger partial charge is 0.365 e. The lowest BCUT2D eigenvalue weighted by Gasteiger charge is -2.26. The van der Waals surface area contributed by atoms with Crippen molar-refractivity contribution >= 4 is 34.1 Å². The van der Waals surface area contributed by atoms with E-state index in [9.17, 15) is 14.4 Å². The molecule has 7 heteroatoms. The van der Waals surface area contributed by atoms with Gasteiger partial charge in [0, 0.05) is 30.0 Å². The molecule has 1 aliphatic carbocycles. The van der Waals surface area contributed by atoms with Crippen LogP contribution < -0.4 is 11.1 Å².